The number of fused-ring (bicyclic) bond motifs is 1. The second-order valence-electron chi connectivity index (χ2n) is 7.94. The molecule has 10 nitrogen and oxygen atoms in total. The lowest BCUT2D eigenvalue weighted by Gasteiger charge is -2.32. The molecule has 0 saturated heterocycles. The number of amides is 1. The van der Waals surface area contributed by atoms with E-state index in [4.69, 9.17) is 4.74 Å². The molecule has 0 aliphatic rings. The SMILES string of the molecule is COc1cc(C)c(S(=O)(=O)N(Cc2ccc3nc[nH]c3c2)C(C(=O)NO)C(C)O)c(C)c1C. The summed E-state index contributed by atoms with van der Waals surface area (Å²) in [5.41, 5.74) is 4.97. The zero-order valence-electron chi connectivity index (χ0n) is 19.1. The summed E-state index contributed by atoms with van der Waals surface area (Å²) in [5, 5.41) is 19.7. The molecule has 0 aliphatic carbocycles. The monoisotopic (exact) mass is 476 g/mol. The number of aromatic amines is 1. The maximum Gasteiger partial charge on any atom is 0.264 e. The second kappa shape index (κ2) is 9.48. The van der Waals surface area contributed by atoms with Gasteiger partial charge in [-0.25, -0.2) is 18.9 Å². The van der Waals surface area contributed by atoms with Gasteiger partial charge in [0.1, 0.15) is 11.8 Å². The Kier molecular flexibility index (Phi) is 7.08. The van der Waals surface area contributed by atoms with Crippen LogP contribution in [-0.4, -0.2) is 58.2 Å². The highest BCUT2D eigenvalue weighted by atomic mass is 32.2. The number of carbonyl (C=O) groups excluding carboxylic acids is 1. The number of benzene rings is 2. The molecule has 0 spiro atoms. The van der Waals surface area contributed by atoms with Crippen LogP contribution in [0.2, 0.25) is 0 Å². The van der Waals surface area contributed by atoms with Crippen molar-refractivity contribution in [3.05, 3.63) is 52.8 Å². The number of imidazole rings is 1. The molecule has 0 bridgehead atoms. The van der Waals surface area contributed by atoms with Crippen molar-refractivity contribution in [2.75, 3.05) is 7.11 Å². The average molecular weight is 477 g/mol. The van der Waals surface area contributed by atoms with Gasteiger partial charge in [-0.15, -0.1) is 0 Å². The topological polar surface area (TPSA) is 145 Å². The van der Waals surface area contributed by atoms with E-state index in [1.165, 1.54) is 25.8 Å². The van der Waals surface area contributed by atoms with Gasteiger partial charge in [-0.1, -0.05) is 6.07 Å². The molecule has 4 N–H and O–H groups in total. The average Bonchev–Trinajstić information content (AvgIpc) is 3.23. The van der Waals surface area contributed by atoms with Crippen LogP contribution in [0.4, 0.5) is 0 Å². The zero-order chi connectivity index (χ0) is 24.5. The molecule has 3 aromatic rings. The van der Waals surface area contributed by atoms with Gasteiger partial charge in [-0.05, 0) is 68.1 Å². The number of sulfonamides is 1. The highest BCUT2D eigenvalue weighted by Crippen LogP contribution is 2.34. The van der Waals surface area contributed by atoms with Crippen LogP contribution in [0.15, 0.2) is 35.5 Å². The molecule has 0 saturated carbocycles. The first-order valence-electron chi connectivity index (χ1n) is 10.2. The van der Waals surface area contributed by atoms with Gasteiger partial charge in [-0.2, -0.15) is 4.31 Å². The predicted molar refractivity (Wildman–Crippen MR) is 121 cm³/mol. The van der Waals surface area contributed by atoms with Crippen molar-refractivity contribution >= 4 is 27.0 Å². The quantitative estimate of drug-likeness (QED) is 0.287. The van der Waals surface area contributed by atoms with Crippen molar-refractivity contribution in [1.82, 2.24) is 19.8 Å². The van der Waals surface area contributed by atoms with Crippen LogP contribution >= 0.6 is 0 Å². The standard InChI is InChI=1S/C22H28N4O6S/c1-12-8-19(32-5)13(2)14(3)21(12)33(30,31)26(20(15(4)27)22(28)25-29)10-16-6-7-17-18(9-16)24-11-23-17/h6-9,11,15,20,27,29H,10H2,1-5H3,(H,23,24)(H,25,28). The number of H-pyrrole nitrogens is 1. The summed E-state index contributed by atoms with van der Waals surface area (Å²) in [6.45, 7) is 6.11. The van der Waals surface area contributed by atoms with Gasteiger partial charge in [0, 0.05) is 6.54 Å². The van der Waals surface area contributed by atoms with E-state index in [0.29, 0.717) is 39.0 Å². The first-order chi connectivity index (χ1) is 15.5. The van der Waals surface area contributed by atoms with Gasteiger partial charge in [0.2, 0.25) is 10.0 Å². The van der Waals surface area contributed by atoms with E-state index in [2.05, 4.69) is 9.97 Å². The van der Waals surface area contributed by atoms with E-state index in [1.807, 2.05) is 0 Å². The van der Waals surface area contributed by atoms with Gasteiger partial charge in [0.15, 0.2) is 0 Å². The number of hydrogen-bond acceptors (Lipinski definition) is 7. The lowest BCUT2D eigenvalue weighted by molar-refractivity contribution is -0.136. The third-order valence-corrected chi connectivity index (χ3v) is 7.85. The molecule has 0 radical (unpaired) electrons. The van der Waals surface area contributed by atoms with Gasteiger partial charge >= 0.3 is 0 Å². The maximum absolute atomic E-state index is 14.0. The van der Waals surface area contributed by atoms with Crippen molar-refractivity contribution < 1.29 is 28.3 Å². The molecular formula is C22H28N4O6S. The normalized spacial score (nSPS) is 13.8. The Morgan fingerprint density at radius 1 is 1.24 bits per heavy atom. The number of aromatic nitrogens is 2. The Balaban J connectivity index is 2.21. The summed E-state index contributed by atoms with van der Waals surface area (Å²) in [7, 11) is -2.83. The molecule has 3 rings (SSSR count). The Bertz CT molecular complexity index is 1290. The number of carbonyl (C=O) groups is 1. The number of hydrogen-bond donors (Lipinski definition) is 4. The fraction of sp³-hybridized carbons (Fsp3) is 0.364. The minimum absolute atomic E-state index is 0.0137. The molecule has 0 aliphatic heterocycles. The number of nitrogens with zero attached hydrogens (tertiary/aromatic N) is 2. The van der Waals surface area contributed by atoms with E-state index in [1.54, 1.807) is 45.0 Å². The number of methoxy groups -OCH3 is 1. The maximum atomic E-state index is 14.0. The fourth-order valence-electron chi connectivity index (χ4n) is 4.00. The van der Waals surface area contributed by atoms with Gasteiger partial charge in [-0.3, -0.25) is 10.0 Å². The van der Waals surface area contributed by atoms with Crippen molar-refractivity contribution in [2.24, 2.45) is 0 Å². The van der Waals surface area contributed by atoms with Crippen molar-refractivity contribution in [3.8, 4) is 5.75 Å². The lowest BCUT2D eigenvalue weighted by Crippen LogP contribution is -2.54. The summed E-state index contributed by atoms with van der Waals surface area (Å²) in [5.74, 6) is -0.503. The third kappa shape index (κ3) is 4.58. The van der Waals surface area contributed by atoms with Gasteiger partial charge < -0.3 is 14.8 Å². The summed E-state index contributed by atoms with van der Waals surface area (Å²) < 4.78 is 34.3. The molecule has 0 fully saturated rings. The van der Waals surface area contributed by atoms with E-state index in [0.717, 1.165) is 4.31 Å². The second-order valence-corrected chi connectivity index (χ2v) is 9.77. The highest BCUT2D eigenvalue weighted by Gasteiger charge is 2.40. The van der Waals surface area contributed by atoms with Crippen molar-refractivity contribution in [2.45, 2.75) is 51.3 Å². The third-order valence-electron chi connectivity index (χ3n) is 5.73. The summed E-state index contributed by atoms with van der Waals surface area (Å²) in [6, 6.07) is 5.18. The van der Waals surface area contributed by atoms with Crippen LogP contribution in [0.1, 0.15) is 29.2 Å². The van der Waals surface area contributed by atoms with Crippen LogP contribution in [-0.2, 0) is 21.4 Å². The molecule has 178 valence electrons. The number of aryl methyl sites for hydroxylation is 1. The Hall–Kier alpha value is -2.99. The Morgan fingerprint density at radius 2 is 1.94 bits per heavy atom. The number of nitrogens with one attached hydrogen (secondary N) is 2. The number of ether oxygens (including phenoxy) is 1. The van der Waals surface area contributed by atoms with Crippen LogP contribution in [0.3, 0.4) is 0 Å². The minimum atomic E-state index is -4.33. The molecule has 11 heteroatoms. The first-order valence-corrected chi connectivity index (χ1v) is 11.7. The van der Waals surface area contributed by atoms with Gasteiger partial charge in [0.25, 0.3) is 5.91 Å². The Morgan fingerprint density at radius 3 is 2.55 bits per heavy atom. The van der Waals surface area contributed by atoms with Crippen LogP contribution in [0.5, 0.6) is 5.75 Å². The largest absolute Gasteiger partial charge is 0.496 e. The lowest BCUT2D eigenvalue weighted by atomic mass is 10.1. The molecular weight excluding hydrogens is 448 g/mol. The van der Waals surface area contributed by atoms with E-state index in [-0.39, 0.29) is 11.4 Å². The molecule has 2 aromatic carbocycles. The Labute approximate surface area is 192 Å². The van der Waals surface area contributed by atoms with Crippen molar-refractivity contribution in [1.29, 1.82) is 0 Å². The highest BCUT2D eigenvalue weighted by molar-refractivity contribution is 7.89. The fourth-order valence-corrected chi connectivity index (χ4v) is 6.13. The number of aliphatic hydroxyl groups is 1. The molecule has 33 heavy (non-hydrogen) atoms. The van der Waals surface area contributed by atoms with Crippen LogP contribution in [0, 0.1) is 20.8 Å². The smallest absolute Gasteiger partial charge is 0.264 e. The summed E-state index contributed by atoms with van der Waals surface area (Å²) in [4.78, 5) is 19.6. The molecule has 2 atom stereocenters. The van der Waals surface area contributed by atoms with Crippen molar-refractivity contribution in [3.63, 3.8) is 0 Å². The molecule has 1 heterocycles. The summed E-state index contributed by atoms with van der Waals surface area (Å²) in [6.07, 6.45) is 0.107. The van der Waals surface area contributed by atoms with Crippen LogP contribution in [0.25, 0.3) is 11.0 Å². The molecule has 1 aromatic heterocycles. The van der Waals surface area contributed by atoms with Crippen LogP contribution < -0.4 is 10.2 Å². The van der Waals surface area contributed by atoms with E-state index < -0.39 is 28.1 Å². The summed E-state index contributed by atoms with van der Waals surface area (Å²) >= 11 is 0. The molecule has 1 amide bonds. The zero-order valence-corrected chi connectivity index (χ0v) is 19.9. The molecule has 2 unspecified atom stereocenters. The van der Waals surface area contributed by atoms with Gasteiger partial charge in [0.05, 0.1) is 35.5 Å². The number of rotatable bonds is 8. The van der Waals surface area contributed by atoms with E-state index in [9.17, 15) is 23.5 Å². The predicted octanol–water partition coefficient (Wildman–Crippen LogP) is 1.94. The number of aliphatic hydroxyl groups excluding tert-OH is 1. The minimum Gasteiger partial charge on any atom is -0.496 e. The number of hydroxylamine groups is 1. The first kappa shape index (κ1) is 24.6. The van der Waals surface area contributed by atoms with E-state index >= 15 is 0 Å².